The molecule has 1 N–H and O–H groups in total. The van der Waals surface area contributed by atoms with Gasteiger partial charge in [0, 0.05) is 16.9 Å². The number of methoxy groups -OCH3 is 1. The van der Waals surface area contributed by atoms with Gasteiger partial charge in [-0.05, 0) is 78.4 Å². The molecule has 0 aliphatic carbocycles. The molecule has 2 heterocycles. The summed E-state index contributed by atoms with van der Waals surface area (Å²) in [6.45, 7) is 0.627. The second kappa shape index (κ2) is 9.22. The predicted octanol–water partition coefficient (Wildman–Crippen LogP) is 6.68. The third-order valence-electron chi connectivity index (χ3n) is 5.17. The van der Waals surface area contributed by atoms with Gasteiger partial charge >= 0.3 is 0 Å². The van der Waals surface area contributed by atoms with Gasteiger partial charge in [0.2, 0.25) is 0 Å². The highest BCUT2D eigenvalue weighted by atomic mass is 35.5. The molecule has 0 amide bonds. The molecule has 6 nitrogen and oxygen atoms in total. The van der Waals surface area contributed by atoms with Gasteiger partial charge in [0.15, 0.2) is 5.82 Å². The van der Waals surface area contributed by atoms with Crippen LogP contribution in [0.25, 0.3) is 11.0 Å². The normalized spacial score (nSPS) is 10.8. The minimum atomic E-state index is 0.627. The van der Waals surface area contributed by atoms with Crippen LogP contribution in [0, 0.1) is 0 Å². The molecular weight excluding hydrogens is 436 g/mol. The number of anilines is 2. The van der Waals surface area contributed by atoms with E-state index in [0.29, 0.717) is 17.4 Å². The SMILES string of the molecule is COc1ccc(Cn2nc(Nc3ccc(Oc4ccc(Cl)cc4)cc3)c3ncccc32)cc1. The lowest BCUT2D eigenvalue weighted by molar-refractivity contribution is 0.414. The summed E-state index contributed by atoms with van der Waals surface area (Å²) in [5.41, 5.74) is 3.78. The molecule has 0 saturated heterocycles. The Morgan fingerprint density at radius 2 is 1.52 bits per heavy atom. The second-order valence-electron chi connectivity index (χ2n) is 7.43. The van der Waals surface area contributed by atoms with Crippen LogP contribution in [0.2, 0.25) is 5.02 Å². The second-order valence-corrected chi connectivity index (χ2v) is 7.87. The Morgan fingerprint density at radius 1 is 0.848 bits per heavy atom. The number of aromatic nitrogens is 3. The van der Waals surface area contributed by atoms with E-state index in [1.54, 1.807) is 25.4 Å². The molecular formula is C26H21ClN4O2. The highest BCUT2D eigenvalue weighted by molar-refractivity contribution is 6.30. The molecule has 33 heavy (non-hydrogen) atoms. The molecule has 0 radical (unpaired) electrons. The molecule has 5 aromatic rings. The van der Waals surface area contributed by atoms with Crippen molar-refractivity contribution in [2.75, 3.05) is 12.4 Å². The molecule has 3 aromatic carbocycles. The van der Waals surface area contributed by atoms with E-state index in [-0.39, 0.29) is 0 Å². The molecule has 0 unspecified atom stereocenters. The van der Waals surface area contributed by atoms with E-state index in [4.69, 9.17) is 26.2 Å². The lowest BCUT2D eigenvalue weighted by Gasteiger charge is -2.08. The molecule has 0 fully saturated rings. The first-order valence-corrected chi connectivity index (χ1v) is 10.8. The number of halogens is 1. The summed E-state index contributed by atoms with van der Waals surface area (Å²) in [7, 11) is 1.66. The van der Waals surface area contributed by atoms with Crippen LogP contribution in [0.4, 0.5) is 11.5 Å². The number of fused-ring (bicyclic) bond motifs is 1. The molecule has 0 aliphatic heterocycles. The standard InChI is InChI=1S/C26H21ClN4O2/c1-32-21-10-4-18(5-11-21)17-31-24-3-2-16-28-25(24)26(30-31)29-20-8-14-23(15-9-20)33-22-12-6-19(27)7-13-22/h2-16H,17H2,1H3,(H,29,30). The Hall–Kier alpha value is -4.03. The van der Waals surface area contributed by atoms with E-state index in [9.17, 15) is 0 Å². The van der Waals surface area contributed by atoms with Gasteiger partial charge in [-0.3, -0.25) is 9.67 Å². The van der Waals surface area contributed by atoms with Crippen LogP contribution in [0.15, 0.2) is 91.1 Å². The van der Waals surface area contributed by atoms with Crippen LogP contribution in [-0.2, 0) is 6.54 Å². The lowest BCUT2D eigenvalue weighted by Crippen LogP contribution is -2.02. The van der Waals surface area contributed by atoms with Crippen LogP contribution in [0.1, 0.15) is 5.56 Å². The quantitative estimate of drug-likeness (QED) is 0.296. The Balaban J connectivity index is 1.35. The zero-order valence-electron chi connectivity index (χ0n) is 17.9. The third-order valence-corrected chi connectivity index (χ3v) is 5.42. The average Bonchev–Trinajstić information content (AvgIpc) is 3.19. The Morgan fingerprint density at radius 3 is 2.21 bits per heavy atom. The maximum absolute atomic E-state index is 5.93. The van der Waals surface area contributed by atoms with Crippen LogP contribution < -0.4 is 14.8 Å². The van der Waals surface area contributed by atoms with Crippen molar-refractivity contribution >= 4 is 34.1 Å². The zero-order valence-corrected chi connectivity index (χ0v) is 18.7. The summed E-state index contributed by atoms with van der Waals surface area (Å²) in [5, 5.41) is 8.85. The molecule has 2 aromatic heterocycles. The minimum absolute atomic E-state index is 0.627. The highest BCUT2D eigenvalue weighted by Gasteiger charge is 2.12. The summed E-state index contributed by atoms with van der Waals surface area (Å²) in [6, 6.07) is 26.9. The molecule has 0 saturated carbocycles. The minimum Gasteiger partial charge on any atom is -0.497 e. The summed E-state index contributed by atoms with van der Waals surface area (Å²) in [6.07, 6.45) is 1.77. The molecule has 0 atom stereocenters. The molecule has 164 valence electrons. The van der Waals surface area contributed by atoms with Gasteiger partial charge in [0.1, 0.15) is 22.8 Å². The van der Waals surface area contributed by atoms with Crippen molar-refractivity contribution in [1.82, 2.24) is 14.8 Å². The number of pyridine rings is 1. The van der Waals surface area contributed by atoms with E-state index in [1.807, 2.05) is 77.5 Å². The average molecular weight is 457 g/mol. The van der Waals surface area contributed by atoms with Crippen molar-refractivity contribution in [3.05, 3.63) is 102 Å². The van der Waals surface area contributed by atoms with Gasteiger partial charge in [-0.25, -0.2) is 0 Å². The van der Waals surface area contributed by atoms with Gasteiger partial charge in [0.05, 0.1) is 19.2 Å². The summed E-state index contributed by atoms with van der Waals surface area (Å²) in [5.74, 6) is 2.99. The van der Waals surface area contributed by atoms with Crippen molar-refractivity contribution in [1.29, 1.82) is 0 Å². The number of hydrogen-bond donors (Lipinski definition) is 1. The molecule has 7 heteroatoms. The summed E-state index contributed by atoms with van der Waals surface area (Å²) >= 11 is 5.93. The fraction of sp³-hybridized carbons (Fsp3) is 0.0769. The Bertz CT molecular complexity index is 1360. The number of ether oxygens (including phenoxy) is 2. The fourth-order valence-electron chi connectivity index (χ4n) is 3.50. The van der Waals surface area contributed by atoms with Gasteiger partial charge in [-0.2, -0.15) is 5.10 Å². The van der Waals surface area contributed by atoms with E-state index in [2.05, 4.69) is 10.3 Å². The first-order chi connectivity index (χ1) is 16.2. The summed E-state index contributed by atoms with van der Waals surface area (Å²) < 4.78 is 13.1. The third kappa shape index (κ3) is 4.76. The topological polar surface area (TPSA) is 61.2 Å². The van der Waals surface area contributed by atoms with E-state index < -0.39 is 0 Å². The maximum atomic E-state index is 5.93. The van der Waals surface area contributed by atoms with Gasteiger partial charge < -0.3 is 14.8 Å². The number of benzene rings is 3. The highest BCUT2D eigenvalue weighted by Crippen LogP contribution is 2.28. The van der Waals surface area contributed by atoms with Crippen LogP contribution >= 0.6 is 11.6 Å². The number of nitrogens with one attached hydrogen (secondary N) is 1. The van der Waals surface area contributed by atoms with Crippen molar-refractivity contribution in [2.45, 2.75) is 6.54 Å². The lowest BCUT2D eigenvalue weighted by atomic mass is 10.2. The molecule has 0 bridgehead atoms. The Kier molecular flexibility index (Phi) is 5.83. The number of nitrogens with zero attached hydrogens (tertiary/aromatic N) is 3. The van der Waals surface area contributed by atoms with E-state index >= 15 is 0 Å². The fourth-order valence-corrected chi connectivity index (χ4v) is 3.63. The van der Waals surface area contributed by atoms with Crippen molar-refractivity contribution in [3.8, 4) is 17.2 Å². The van der Waals surface area contributed by atoms with Crippen LogP contribution in [0.5, 0.6) is 17.2 Å². The van der Waals surface area contributed by atoms with Crippen molar-refractivity contribution in [2.24, 2.45) is 0 Å². The zero-order chi connectivity index (χ0) is 22.6. The van der Waals surface area contributed by atoms with Crippen LogP contribution in [0.3, 0.4) is 0 Å². The maximum Gasteiger partial charge on any atom is 0.179 e. The summed E-state index contributed by atoms with van der Waals surface area (Å²) in [4.78, 5) is 4.55. The first kappa shape index (κ1) is 20.8. The predicted molar refractivity (Wildman–Crippen MR) is 131 cm³/mol. The Labute approximate surface area is 196 Å². The van der Waals surface area contributed by atoms with E-state index in [1.165, 1.54) is 0 Å². The van der Waals surface area contributed by atoms with Gasteiger partial charge in [-0.1, -0.05) is 23.7 Å². The monoisotopic (exact) mass is 456 g/mol. The molecule has 0 aliphatic rings. The largest absolute Gasteiger partial charge is 0.497 e. The van der Waals surface area contributed by atoms with Gasteiger partial charge in [-0.15, -0.1) is 0 Å². The molecule has 0 spiro atoms. The number of hydrogen-bond acceptors (Lipinski definition) is 5. The number of rotatable bonds is 7. The first-order valence-electron chi connectivity index (χ1n) is 10.4. The smallest absolute Gasteiger partial charge is 0.179 e. The molecule has 5 rings (SSSR count). The van der Waals surface area contributed by atoms with Crippen LogP contribution in [-0.4, -0.2) is 21.9 Å². The van der Waals surface area contributed by atoms with Gasteiger partial charge in [0.25, 0.3) is 0 Å². The van der Waals surface area contributed by atoms with Crippen molar-refractivity contribution in [3.63, 3.8) is 0 Å². The van der Waals surface area contributed by atoms with Crippen molar-refractivity contribution < 1.29 is 9.47 Å². The van der Waals surface area contributed by atoms with E-state index in [0.717, 1.165) is 39.5 Å².